The first-order chi connectivity index (χ1) is 8.47. The van der Waals surface area contributed by atoms with Crippen molar-refractivity contribution in [2.24, 2.45) is 0 Å². The van der Waals surface area contributed by atoms with Gasteiger partial charge in [-0.05, 0) is 19.9 Å². The van der Waals surface area contributed by atoms with Crippen molar-refractivity contribution in [3.05, 3.63) is 20.3 Å². The zero-order valence-electron chi connectivity index (χ0n) is 10.3. The second kappa shape index (κ2) is 5.88. The van der Waals surface area contributed by atoms with E-state index in [1.807, 2.05) is 6.92 Å². The molecule has 3 nitrogen and oxygen atoms in total. The number of hydrogen-bond donors (Lipinski definition) is 0. The minimum atomic E-state index is 0.0177. The molecule has 18 heavy (non-hydrogen) atoms. The van der Waals surface area contributed by atoms with Crippen LogP contribution in [0.4, 0.5) is 0 Å². The van der Waals surface area contributed by atoms with Gasteiger partial charge in [0.05, 0.1) is 29.2 Å². The molecule has 1 aliphatic rings. The molecule has 1 aromatic heterocycles. The van der Waals surface area contributed by atoms with E-state index in [2.05, 4.69) is 11.8 Å². The van der Waals surface area contributed by atoms with Crippen LogP contribution in [0.25, 0.3) is 0 Å². The van der Waals surface area contributed by atoms with Gasteiger partial charge in [0, 0.05) is 12.6 Å². The van der Waals surface area contributed by atoms with Crippen LogP contribution in [-0.2, 0) is 4.74 Å². The van der Waals surface area contributed by atoms with Crippen molar-refractivity contribution in [1.29, 1.82) is 0 Å². The predicted molar refractivity (Wildman–Crippen MR) is 75.1 cm³/mol. The maximum atomic E-state index is 12.2. The fraction of sp³-hybridized carbons (Fsp3) is 0.583. The summed E-state index contributed by atoms with van der Waals surface area (Å²) in [5.41, 5.74) is 0.526. The van der Waals surface area contributed by atoms with E-state index in [0.717, 1.165) is 6.54 Å². The molecule has 2 atom stereocenters. The molecule has 2 rings (SSSR count). The third-order valence-corrected chi connectivity index (χ3v) is 4.53. The molecule has 1 aliphatic heterocycles. The molecule has 0 N–H and O–H groups in total. The van der Waals surface area contributed by atoms with Crippen molar-refractivity contribution < 1.29 is 9.53 Å². The van der Waals surface area contributed by atoms with E-state index in [1.165, 1.54) is 11.3 Å². The van der Waals surface area contributed by atoms with E-state index in [1.54, 1.807) is 6.07 Å². The Kier molecular flexibility index (Phi) is 4.67. The third-order valence-electron chi connectivity index (χ3n) is 3.04. The van der Waals surface area contributed by atoms with Crippen molar-refractivity contribution in [2.75, 3.05) is 19.7 Å². The number of carbonyl (C=O) groups is 1. The molecule has 0 bridgehead atoms. The Hall–Kier alpha value is -0.130. The number of ether oxygens (including phenoxy) is 1. The average molecular weight is 308 g/mol. The number of morpholine rings is 1. The highest BCUT2D eigenvalue weighted by atomic mass is 35.5. The number of halogens is 2. The summed E-state index contributed by atoms with van der Waals surface area (Å²) >= 11 is 13.1. The molecule has 2 heterocycles. The van der Waals surface area contributed by atoms with Crippen LogP contribution in [0.5, 0.6) is 0 Å². The monoisotopic (exact) mass is 307 g/mol. The number of rotatable bonds is 3. The summed E-state index contributed by atoms with van der Waals surface area (Å²) in [6, 6.07) is 1.89. The van der Waals surface area contributed by atoms with Gasteiger partial charge in [0.15, 0.2) is 5.78 Å². The highest BCUT2D eigenvalue weighted by molar-refractivity contribution is 7.20. The largest absolute Gasteiger partial charge is 0.376 e. The molecule has 1 saturated heterocycles. The SMILES string of the molecule is CC1CN(CC(=O)c2cc(Cl)sc2Cl)C(C)CO1. The van der Waals surface area contributed by atoms with Crippen LogP contribution in [0.2, 0.25) is 8.67 Å². The van der Waals surface area contributed by atoms with Crippen LogP contribution in [0.3, 0.4) is 0 Å². The first-order valence-electron chi connectivity index (χ1n) is 5.81. The summed E-state index contributed by atoms with van der Waals surface area (Å²) in [6.45, 7) is 5.86. The quantitative estimate of drug-likeness (QED) is 0.802. The van der Waals surface area contributed by atoms with E-state index < -0.39 is 0 Å². The Bertz CT molecular complexity index is 449. The van der Waals surface area contributed by atoms with Crippen LogP contribution in [0.15, 0.2) is 6.07 Å². The maximum absolute atomic E-state index is 12.2. The number of thiophene rings is 1. The van der Waals surface area contributed by atoms with Gasteiger partial charge in [-0.15, -0.1) is 11.3 Å². The topological polar surface area (TPSA) is 29.5 Å². The molecule has 6 heteroatoms. The summed E-state index contributed by atoms with van der Waals surface area (Å²) < 4.78 is 6.56. The van der Waals surface area contributed by atoms with Gasteiger partial charge in [-0.25, -0.2) is 0 Å². The molecule has 0 saturated carbocycles. The van der Waals surface area contributed by atoms with E-state index in [0.29, 0.717) is 27.4 Å². The fourth-order valence-electron chi connectivity index (χ4n) is 1.99. The molecule has 0 spiro atoms. The Balaban J connectivity index is 2.04. The minimum Gasteiger partial charge on any atom is -0.376 e. The number of carbonyl (C=O) groups excluding carboxylic acids is 1. The zero-order valence-corrected chi connectivity index (χ0v) is 12.6. The summed E-state index contributed by atoms with van der Waals surface area (Å²) in [7, 11) is 0. The molecule has 2 unspecified atom stereocenters. The smallest absolute Gasteiger partial charge is 0.179 e. The molecule has 0 amide bonds. The van der Waals surface area contributed by atoms with Gasteiger partial charge < -0.3 is 4.74 Å². The van der Waals surface area contributed by atoms with Crippen LogP contribution < -0.4 is 0 Å². The van der Waals surface area contributed by atoms with Gasteiger partial charge in [-0.1, -0.05) is 23.2 Å². The van der Waals surface area contributed by atoms with Crippen molar-refractivity contribution in [2.45, 2.75) is 26.0 Å². The lowest BCUT2D eigenvalue weighted by Gasteiger charge is -2.36. The van der Waals surface area contributed by atoms with Crippen molar-refractivity contribution >= 4 is 40.3 Å². The van der Waals surface area contributed by atoms with Crippen LogP contribution in [0.1, 0.15) is 24.2 Å². The third kappa shape index (κ3) is 3.25. The van der Waals surface area contributed by atoms with E-state index in [4.69, 9.17) is 27.9 Å². The lowest BCUT2D eigenvalue weighted by Crippen LogP contribution is -2.49. The van der Waals surface area contributed by atoms with Gasteiger partial charge in [-0.3, -0.25) is 9.69 Å². The highest BCUT2D eigenvalue weighted by Gasteiger charge is 2.26. The summed E-state index contributed by atoms with van der Waals surface area (Å²) in [4.78, 5) is 14.3. The zero-order chi connectivity index (χ0) is 13.3. The van der Waals surface area contributed by atoms with Crippen LogP contribution >= 0.6 is 34.5 Å². The summed E-state index contributed by atoms with van der Waals surface area (Å²) in [5.74, 6) is 0.0177. The van der Waals surface area contributed by atoms with Crippen LogP contribution in [-0.4, -0.2) is 42.5 Å². The van der Waals surface area contributed by atoms with Gasteiger partial charge >= 0.3 is 0 Å². The molecular formula is C12H15Cl2NO2S. The van der Waals surface area contributed by atoms with Gasteiger partial charge in [0.25, 0.3) is 0 Å². The second-order valence-corrected chi connectivity index (χ2v) is 6.87. The fourth-order valence-corrected chi connectivity index (χ4v) is 3.49. The predicted octanol–water partition coefficient (Wildman–Crippen LogP) is 3.35. The molecule has 1 fully saturated rings. The van der Waals surface area contributed by atoms with Crippen molar-refractivity contribution in [3.63, 3.8) is 0 Å². The van der Waals surface area contributed by atoms with E-state index in [-0.39, 0.29) is 17.9 Å². The average Bonchev–Trinajstić information content (AvgIpc) is 2.63. The van der Waals surface area contributed by atoms with Crippen LogP contribution in [0, 0.1) is 0 Å². The Morgan fingerprint density at radius 3 is 2.89 bits per heavy atom. The Labute approximate surface area is 121 Å². The molecular weight excluding hydrogens is 293 g/mol. The van der Waals surface area contributed by atoms with Crippen molar-refractivity contribution in [3.8, 4) is 0 Å². The van der Waals surface area contributed by atoms with Gasteiger partial charge in [-0.2, -0.15) is 0 Å². The first kappa shape index (κ1) is 14.3. The normalized spacial score (nSPS) is 25.3. The number of hydrogen-bond acceptors (Lipinski definition) is 4. The maximum Gasteiger partial charge on any atom is 0.179 e. The van der Waals surface area contributed by atoms with E-state index in [9.17, 15) is 4.79 Å². The molecule has 100 valence electrons. The number of Topliss-reactive ketones (excluding diaryl/α,β-unsaturated/α-hetero) is 1. The molecule has 0 aromatic carbocycles. The molecule has 0 radical (unpaired) electrons. The van der Waals surface area contributed by atoms with Gasteiger partial charge in [0.1, 0.15) is 4.34 Å². The van der Waals surface area contributed by atoms with E-state index >= 15 is 0 Å². The molecule has 1 aromatic rings. The first-order valence-corrected chi connectivity index (χ1v) is 7.38. The standard InChI is InChI=1S/C12H15Cl2NO2S/c1-7-6-17-8(2)4-15(7)5-10(16)9-3-11(13)18-12(9)14/h3,7-8H,4-6H2,1-2H3. The van der Waals surface area contributed by atoms with Crippen molar-refractivity contribution in [1.82, 2.24) is 4.90 Å². The lowest BCUT2D eigenvalue weighted by molar-refractivity contribution is -0.0460. The summed E-state index contributed by atoms with van der Waals surface area (Å²) in [6.07, 6.45) is 0.163. The Morgan fingerprint density at radius 1 is 1.56 bits per heavy atom. The lowest BCUT2D eigenvalue weighted by atomic mass is 10.1. The minimum absolute atomic E-state index is 0.0177. The highest BCUT2D eigenvalue weighted by Crippen LogP contribution is 2.31. The van der Waals surface area contributed by atoms with Gasteiger partial charge in [0.2, 0.25) is 0 Å². The molecule has 0 aliphatic carbocycles. The number of ketones is 1. The summed E-state index contributed by atoms with van der Waals surface area (Å²) in [5, 5.41) is 0. The Morgan fingerprint density at radius 2 is 2.28 bits per heavy atom. The number of nitrogens with zero attached hydrogens (tertiary/aromatic N) is 1. The second-order valence-electron chi connectivity index (χ2n) is 4.58.